The number of imidazole rings is 1. The molecule has 3 rings (SSSR count). The molecule has 198 valence electrons. The number of unbranched alkanes of at least 4 members (excludes halogenated alkanes) is 1. The van der Waals surface area contributed by atoms with Crippen molar-refractivity contribution in [3.63, 3.8) is 0 Å². The lowest BCUT2D eigenvalue weighted by Crippen LogP contribution is -2.28. The maximum absolute atomic E-state index is 13.6. The zero-order chi connectivity index (χ0) is 26.0. The number of rotatable bonds is 9. The van der Waals surface area contributed by atoms with Gasteiger partial charge in [0, 0.05) is 23.2 Å². The fourth-order valence-electron chi connectivity index (χ4n) is 4.55. The molecule has 6 nitrogen and oxygen atoms in total. The average Bonchev–Trinajstić information content (AvgIpc) is 3.03. The molecular formula is C29H43BrN4O2. The van der Waals surface area contributed by atoms with Crippen LogP contribution in [0.3, 0.4) is 0 Å². The predicted octanol–water partition coefficient (Wildman–Crippen LogP) is 6.07. The first-order chi connectivity index (χ1) is 16.4. The number of phenolic OH excluding ortho intramolecular Hbond substituents is 1. The highest BCUT2D eigenvalue weighted by Crippen LogP contribution is 2.40. The lowest BCUT2D eigenvalue weighted by Gasteiger charge is -2.28. The molecule has 0 spiro atoms. The quantitative estimate of drug-likeness (QED) is 0.220. The summed E-state index contributed by atoms with van der Waals surface area (Å²) in [5, 5.41) is 23.3. The second kappa shape index (κ2) is 11.8. The summed E-state index contributed by atoms with van der Waals surface area (Å²) in [6.45, 7) is 17.1. The van der Waals surface area contributed by atoms with Crippen LogP contribution >= 0.6 is 17.0 Å². The van der Waals surface area contributed by atoms with Gasteiger partial charge in [0.05, 0.1) is 17.6 Å². The zero-order valence-electron chi connectivity index (χ0n) is 22.9. The number of carbonyl (C=O) groups is 1. The van der Waals surface area contributed by atoms with E-state index >= 15 is 0 Å². The number of nitrogens with one attached hydrogen (secondary N) is 2. The van der Waals surface area contributed by atoms with Crippen LogP contribution in [0.4, 0.5) is 0 Å². The molecule has 0 saturated heterocycles. The van der Waals surface area contributed by atoms with Gasteiger partial charge < -0.3 is 19.6 Å². The van der Waals surface area contributed by atoms with Crippen molar-refractivity contribution in [3.8, 4) is 5.75 Å². The number of benzene rings is 2. The lowest BCUT2D eigenvalue weighted by molar-refractivity contribution is 0.0971. The van der Waals surface area contributed by atoms with Crippen LogP contribution in [0.2, 0.25) is 0 Å². The van der Waals surface area contributed by atoms with Crippen molar-refractivity contribution in [2.75, 3.05) is 13.1 Å². The van der Waals surface area contributed by atoms with Gasteiger partial charge >= 0.3 is 0 Å². The van der Waals surface area contributed by atoms with Crippen LogP contribution in [-0.2, 0) is 23.9 Å². The van der Waals surface area contributed by atoms with Crippen LogP contribution in [-0.4, -0.2) is 33.1 Å². The Labute approximate surface area is 226 Å². The molecule has 1 aromatic heterocycles. The summed E-state index contributed by atoms with van der Waals surface area (Å²) in [7, 11) is 0. The molecule has 36 heavy (non-hydrogen) atoms. The Bertz CT molecular complexity index is 1220. The molecule has 0 unspecified atom stereocenters. The van der Waals surface area contributed by atoms with Gasteiger partial charge in [-0.1, -0.05) is 60.6 Å². The summed E-state index contributed by atoms with van der Waals surface area (Å²) in [5.41, 5.74) is 3.71. The molecule has 0 aliphatic rings. The van der Waals surface area contributed by atoms with Gasteiger partial charge in [-0.2, -0.15) is 0 Å². The molecule has 0 amide bonds. The van der Waals surface area contributed by atoms with Crippen molar-refractivity contribution < 1.29 is 9.90 Å². The number of Topliss-reactive ketones (excluding diaryl/α,β-unsaturated/α-hetero) is 1. The minimum Gasteiger partial charge on any atom is -0.507 e. The summed E-state index contributed by atoms with van der Waals surface area (Å²) in [6, 6.07) is 11.6. The van der Waals surface area contributed by atoms with E-state index in [4.69, 9.17) is 5.41 Å². The molecule has 0 aliphatic carbocycles. The lowest BCUT2D eigenvalue weighted by atomic mass is 9.78. The Hall–Kier alpha value is -2.38. The van der Waals surface area contributed by atoms with Gasteiger partial charge in [0.25, 0.3) is 0 Å². The number of hydrogen-bond acceptors (Lipinski definition) is 4. The number of fused-ring (bicyclic) bond motifs is 1. The van der Waals surface area contributed by atoms with Crippen molar-refractivity contribution in [2.24, 2.45) is 0 Å². The first kappa shape index (κ1) is 29.8. The summed E-state index contributed by atoms with van der Waals surface area (Å²) in [4.78, 5) is 13.6. The molecule has 2 aromatic carbocycles. The molecule has 0 bridgehead atoms. The highest BCUT2D eigenvalue weighted by atomic mass is 79.9. The van der Waals surface area contributed by atoms with Crippen molar-refractivity contribution in [1.29, 1.82) is 5.41 Å². The van der Waals surface area contributed by atoms with Crippen molar-refractivity contribution in [1.82, 2.24) is 14.5 Å². The monoisotopic (exact) mass is 558 g/mol. The number of phenols is 1. The number of para-hydroxylation sites is 2. The van der Waals surface area contributed by atoms with Gasteiger partial charge in [-0.3, -0.25) is 10.2 Å². The minimum absolute atomic E-state index is 0. The molecule has 3 N–H and O–H groups in total. The molecule has 0 atom stereocenters. The number of aromatic nitrogens is 2. The van der Waals surface area contributed by atoms with Crippen LogP contribution in [0.25, 0.3) is 11.0 Å². The van der Waals surface area contributed by atoms with E-state index in [9.17, 15) is 9.90 Å². The normalized spacial score (nSPS) is 12.1. The number of aromatic hydroxyl groups is 1. The summed E-state index contributed by atoms with van der Waals surface area (Å²) >= 11 is 0. The van der Waals surface area contributed by atoms with Crippen LogP contribution < -0.4 is 10.9 Å². The first-order valence-corrected chi connectivity index (χ1v) is 12.7. The number of hydrogen-bond donors (Lipinski definition) is 3. The van der Waals surface area contributed by atoms with Gasteiger partial charge in [-0.05, 0) is 61.0 Å². The van der Waals surface area contributed by atoms with Crippen LogP contribution in [0.5, 0.6) is 5.75 Å². The average molecular weight is 560 g/mol. The molecule has 3 aromatic rings. The Morgan fingerprint density at radius 1 is 0.944 bits per heavy atom. The summed E-state index contributed by atoms with van der Waals surface area (Å²) in [5.74, 6) is 0.207. The second-order valence-corrected chi connectivity index (χ2v) is 11.5. The number of halogens is 1. The smallest absolute Gasteiger partial charge is 0.203 e. The van der Waals surface area contributed by atoms with E-state index in [1.54, 1.807) is 0 Å². The highest BCUT2D eigenvalue weighted by molar-refractivity contribution is 8.93. The fourth-order valence-corrected chi connectivity index (χ4v) is 4.55. The van der Waals surface area contributed by atoms with Gasteiger partial charge in [-0.15, -0.1) is 17.0 Å². The maximum atomic E-state index is 13.6. The third-order valence-electron chi connectivity index (χ3n) is 6.56. The van der Waals surface area contributed by atoms with Crippen molar-refractivity contribution in [2.45, 2.75) is 85.2 Å². The molecule has 1 heterocycles. The van der Waals surface area contributed by atoms with Crippen molar-refractivity contribution in [3.05, 3.63) is 58.7 Å². The van der Waals surface area contributed by atoms with Gasteiger partial charge in [-0.25, -0.2) is 0 Å². The number of aryl methyl sites for hydroxylation is 1. The third-order valence-corrected chi connectivity index (χ3v) is 6.56. The summed E-state index contributed by atoms with van der Waals surface area (Å²) < 4.78 is 3.81. The molecule has 0 fully saturated rings. The maximum Gasteiger partial charge on any atom is 0.203 e. The topological polar surface area (TPSA) is 83.0 Å². The van der Waals surface area contributed by atoms with E-state index < -0.39 is 0 Å². The predicted molar refractivity (Wildman–Crippen MR) is 154 cm³/mol. The zero-order valence-corrected chi connectivity index (χ0v) is 24.6. The number of nitrogens with zero attached hydrogens (tertiary/aromatic N) is 2. The molecule has 0 radical (unpaired) electrons. The number of ketones is 1. The third kappa shape index (κ3) is 6.48. The molecule has 0 aliphatic heterocycles. The van der Waals surface area contributed by atoms with E-state index in [-0.39, 0.29) is 45.9 Å². The standard InChI is InChI=1S/C29H42N4O2.BrH/c1-8-31-15-11-12-16-32-23-13-9-10-14-24(23)33(27(32)30)19-25(34)20-17-21(28(2,3)4)26(35)22(18-20)29(5,6)7;/h9-10,13-14,17-18,30-31,35H,8,11-12,15-16,19H2,1-7H3;1H. The van der Waals surface area contributed by atoms with E-state index in [2.05, 4.69) is 12.2 Å². The van der Waals surface area contributed by atoms with Gasteiger partial charge in [0.2, 0.25) is 5.62 Å². The SMILES string of the molecule is Br.CCNCCCCn1c(=N)n(CC(=O)c2cc(C(C)(C)C)c(O)c(C(C)(C)C)c2)c2ccccc21. The molecular weight excluding hydrogens is 516 g/mol. The number of carbonyl (C=O) groups excluding carboxylic acids is 1. The van der Waals surface area contributed by atoms with E-state index in [0.29, 0.717) is 11.2 Å². The molecule has 0 saturated carbocycles. The summed E-state index contributed by atoms with van der Waals surface area (Å²) in [6.07, 6.45) is 2.00. The Morgan fingerprint density at radius 2 is 1.47 bits per heavy atom. The van der Waals surface area contributed by atoms with Gasteiger partial charge in [0.1, 0.15) is 5.75 Å². The van der Waals surface area contributed by atoms with E-state index in [1.165, 1.54) is 0 Å². The molecule has 7 heteroatoms. The Morgan fingerprint density at radius 3 is 1.97 bits per heavy atom. The largest absolute Gasteiger partial charge is 0.507 e. The van der Waals surface area contributed by atoms with E-state index in [0.717, 1.165) is 54.6 Å². The Kier molecular flexibility index (Phi) is 9.77. The minimum atomic E-state index is -0.309. The highest BCUT2D eigenvalue weighted by Gasteiger charge is 2.28. The van der Waals surface area contributed by atoms with Crippen LogP contribution in [0.15, 0.2) is 36.4 Å². The van der Waals surface area contributed by atoms with Crippen LogP contribution in [0.1, 0.15) is 82.8 Å². The second-order valence-electron chi connectivity index (χ2n) is 11.5. The Balaban J connectivity index is 0.00000456. The van der Waals surface area contributed by atoms with E-state index in [1.807, 2.05) is 87.1 Å². The van der Waals surface area contributed by atoms with Crippen molar-refractivity contribution >= 4 is 33.8 Å². The van der Waals surface area contributed by atoms with Gasteiger partial charge in [0.15, 0.2) is 5.78 Å². The first-order valence-electron chi connectivity index (χ1n) is 12.7. The van der Waals surface area contributed by atoms with Crippen LogP contribution in [0, 0.1) is 5.41 Å². The fraction of sp³-hybridized carbons (Fsp3) is 0.517.